The van der Waals surface area contributed by atoms with E-state index in [1.54, 1.807) is 4.90 Å². The fraction of sp³-hybridized carbons (Fsp3) is 0.778. The van der Waals surface area contributed by atoms with Gasteiger partial charge in [-0.15, -0.1) is 0 Å². The summed E-state index contributed by atoms with van der Waals surface area (Å²) in [6.45, 7) is 8.84. The zero-order valence-electron chi connectivity index (χ0n) is 16.9. The van der Waals surface area contributed by atoms with E-state index in [4.69, 9.17) is 4.74 Å². The molecule has 0 aromatic carbocycles. The fourth-order valence-corrected chi connectivity index (χ4v) is 2.62. The summed E-state index contributed by atoms with van der Waals surface area (Å²) in [4.78, 5) is 50.6. The Hall–Kier alpha value is -2.16. The minimum Gasteiger partial charge on any atom is -0.464 e. The van der Waals surface area contributed by atoms with E-state index in [1.165, 1.54) is 14.0 Å². The fourth-order valence-electron chi connectivity index (χ4n) is 2.62. The van der Waals surface area contributed by atoms with Gasteiger partial charge in [0.25, 0.3) is 0 Å². The Morgan fingerprint density at radius 3 is 2.37 bits per heavy atom. The second-order valence-corrected chi connectivity index (χ2v) is 7.61. The largest absolute Gasteiger partial charge is 0.464 e. The lowest BCUT2D eigenvalue weighted by atomic mass is 9.90. The number of hydrogen-bond donors (Lipinski definition) is 1. The first kappa shape index (κ1) is 22.9. The van der Waals surface area contributed by atoms with Crippen LogP contribution in [-0.4, -0.2) is 86.0 Å². The third kappa shape index (κ3) is 7.94. The lowest BCUT2D eigenvalue weighted by Crippen LogP contribution is -2.58. The smallest absolute Gasteiger partial charge is 0.406 e. The molecule has 0 saturated carbocycles. The number of alkyl carbamates (subject to hydrolysis) is 1. The number of methoxy groups -OCH3 is 1. The Labute approximate surface area is 160 Å². The van der Waals surface area contributed by atoms with E-state index in [9.17, 15) is 19.2 Å². The van der Waals surface area contributed by atoms with Gasteiger partial charge in [-0.25, -0.2) is 4.79 Å². The average Bonchev–Trinajstić information content (AvgIpc) is 2.59. The van der Waals surface area contributed by atoms with Crippen molar-refractivity contribution in [3.8, 4) is 0 Å². The molecule has 1 N–H and O–H groups in total. The molecule has 0 aliphatic carbocycles. The molecule has 27 heavy (non-hydrogen) atoms. The Balaban J connectivity index is 2.67. The molecule has 1 aliphatic heterocycles. The molecule has 2 amide bonds. The van der Waals surface area contributed by atoms with Gasteiger partial charge >= 0.3 is 12.1 Å². The second-order valence-electron chi connectivity index (χ2n) is 7.61. The summed E-state index contributed by atoms with van der Waals surface area (Å²) < 4.78 is 9.60. The number of piperazine rings is 1. The van der Waals surface area contributed by atoms with Crippen LogP contribution in [0.5, 0.6) is 0 Å². The molecule has 1 heterocycles. The van der Waals surface area contributed by atoms with Crippen LogP contribution < -0.4 is 5.32 Å². The van der Waals surface area contributed by atoms with E-state index >= 15 is 0 Å². The number of amides is 2. The highest BCUT2D eigenvalue weighted by Gasteiger charge is 2.33. The number of hydrogen-bond acceptors (Lipinski definition) is 7. The molecule has 1 aliphatic rings. The number of ketones is 1. The van der Waals surface area contributed by atoms with Crippen molar-refractivity contribution < 1.29 is 28.7 Å². The maximum absolute atomic E-state index is 12.4. The molecule has 0 radical (unpaired) electrons. The van der Waals surface area contributed by atoms with Crippen LogP contribution >= 0.6 is 0 Å². The topological polar surface area (TPSA) is 105 Å². The van der Waals surface area contributed by atoms with Gasteiger partial charge in [0.05, 0.1) is 19.7 Å². The van der Waals surface area contributed by atoms with Gasteiger partial charge in [-0.3, -0.25) is 19.3 Å². The van der Waals surface area contributed by atoms with Crippen molar-refractivity contribution >= 4 is 23.8 Å². The molecule has 0 aromatic heterocycles. The first-order valence-corrected chi connectivity index (χ1v) is 9.05. The van der Waals surface area contributed by atoms with E-state index < -0.39 is 17.5 Å². The van der Waals surface area contributed by atoms with Gasteiger partial charge in [-0.2, -0.15) is 0 Å². The maximum atomic E-state index is 12.4. The van der Waals surface area contributed by atoms with Crippen molar-refractivity contribution in [3.05, 3.63) is 0 Å². The average molecular weight is 385 g/mol. The van der Waals surface area contributed by atoms with Crippen molar-refractivity contribution in [2.24, 2.45) is 5.41 Å². The molecular formula is C18H31N3O6. The summed E-state index contributed by atoms with van der Waals surface area (Å²) in [6.07, 6.45) is -0.433. The molecular weight excluding hydrogens is 354 g/mol. The predicted molar refractivity (Wildman–Crippen MR) is 98.1 cm³/mol. The van der Waals surface area contributed by atoms with Crippen LogP contribution in [0.2, 0.25) is 0 Å². The van der Waals surface area contributed by atoms with Gasteiger partial charge in [0.2, 0.25) is 5.91 Å². The molecule has 1 unspecified atom stereocenters. The van der Waals surface area contributed by atoms with Crippen LogP contribution in [0.1, 0.15) is 34.1 Å². The lowest BCUT2D eigenvalue weighted by Gasteiger charge is -2.41. The van der Waals surface area contributed by atoms with Crippen molar-refractivity contribution in [2.45, 2.75) is 40.2 Å². The third-order valence-electron chi connectivity index (χ3n) is 4.41. The number of nitrogens with one attached hydrogen (secondary N) is 1. The van der Waals surface area contributed by atoms with Crippen LogP contribution in [0, 0.1) is 5.41 Å². The second kappa shape index (κ2) is 10.2. The highest BCUT2D eigenvalue weighted by molar-refractivity contribution is 5.85. The lowest BCUT2D eigenvalue weighted by molar-refractivity contribution is -0.145. The van der Waals surface area contributed by atoms with Gasteiger partial charge in [0.1, 0.15) is 6.61 Å². The molecule has 1 saturated heterocycles. The highest BCUT2D eigenvalue weighted by atomic mass is 16.5. The van der Waals surface area contributed by atoms with E-state index in [-0.39, 0.29) is 43.8 Å². The normalized spacial score (nSPS) is 18.0. The van der Waals surface area contributed by atoms with E-state index in [0.29, 0.717) is 19.6 Å². The number of carbonyl (C=O) groups excluding carboxylic acids is 4. The quantitative estimate of drug-likeness (QED) is 0.633. The van der Waals surface area contributed by atoms with Gasteiger partial charge in [-0.1, -0.05) is 20.8 Å². The summed E-state index contributed by atoms with van der Waals surface area (Å²) in [7, 11) is 1.26. The molecule has 9 nitrogen and oxygen atoms in total. The number of esters is 1. The summed E-state index contributed by atoms with van der Waals surface area (Å²) in [6, 6.07) is -0.244. The first-order chi connectivity index (χ1) is 12.5. The van der Waals surface area contributed by atoms with Gasteiger partial charge in [-0.05, 0) is 0 Å². The highest BCUT2D eigenvalue weighted by Crippen LogP contribution is 2.18. The van der Waals surface area contributed by atoms with Crippen LogP contribution in [0.3, 0.4) is 0 Å². The monoisotopic (exact) mass is 385 g/mol. The molecule has 1 atom stereocenters. The Morgan fingerprint density at radius 2 is 1.81 bits per heavy atom. The van der Waals surface area contributed by atoms with Gasteiger partial charge in [0, 0.05) is 44.9 Å². The summed E-state index contributed by atoms with van der Waals surface area (Å²) in [5.74, 6) is -0.416. The minimum atomic E-state index is -0.582. The van der Waals surface area contributed by atoms with Crippen LogP contribution in [0.4, 0.5) is 4.79 Å². The molecule has 0 aromatic rings. The summed E-state index contributed by atoms with van der Waals surface area (Å²) in [5, 5.41) is 2.47. The van der Waals surface area contributed by atoms with E-state index in [1.807, 2.05) is 25.7 Å². The molecule has 0 spiro atoms. The zero-order valence-corrected chi connectivity index (χ0v) is 16.9. The predicted octanol–water partition coefficient (Wildman–Crippen LogP) is 0.424. The van der Waals surface area contributed by atoms with Gasteiger partial charge in [0.15, 0.2) is 5.78 Å². The van der Waals surface area contributed by atoms with E-state index in [2.05, 4.69) is 10.1 Å². The van der Waals surface area contributed by atoms with Crippen molar-refractivity contribution in [1.82, 2.24) is 15.1 Å². The van der Waals surface area contributed by atoms with Crippen molar-refractivity contribution in [2.75, 3.05) is 46.4 Å². The number of rotatable bonds is 7. The SMILES string of the molecule is COC(=O)NCCC(=O)N1CCN(CC(=O)C(C)(C)C)C(COC(C)=O)C1. The molecule has 9 heteroatoms. The van der Waals surface area contributed by atoms with Crippen LogP contribution in [-0.2, 0) is 23.9 Å². The summed E-state index contributed by atoms with van der Waals surface area (Å²) in [5.41, 5.74) is -0.460. The van der Waals surface area contributed by atoms with Crippen LogP contribution in [0.25, 0.3) is 0 Å². The maximum Gasteiger partial charge on any atom is 0.406 e. The molecule has 1 rings (SSSR count). The third-order valence-corrected chi connectivity index (χ3v) is 4.41. The standard InChI is InChI=1S/C18H31N3O6/c1-13(22)27-12-14-10-21(16(24)6-7-19-17(25)26-5)9-8-20(14)11-15(23)18(2,3)4/h14H,6-12H2,1-5H3,(H,19,25). The molecule has 154 valence electrons. The number of Topliss-reactive ketones (excluding diaryl/α,β-unsaturated/α-hetero) is 1. The van der Waals surface area contributed by atoms with Gasteiger partial charge < -0.3 is 19.7 Å². The first-order valence-electron chi connectivity index (χ1n) is 9.05. The zero-order chi connectivity index (χ0) is 20.6. The Morgan fingerprint density at radius 1 is 1.15 bits per heavy atom. The van der Waals surface area contributed by atoms with Crippen LogP contribution in [0.15, 0.2) is 0 Å². The van der Waals surface area contributed by atoms with Crippen molar-refractivity contribution in [1.29, 1.82) is 0 Å². The Bertz CT molecular complexity index is 558. The number of ether oxygens (including phenoxy) is 2. The Kier molecular flexibility index (Phi) is 8.68. The summed E-state index contributed by atoms with van der Waals surface area (Å²) >= 11 is 0. The molecule has 0 bridgehead atoms. The van der Waals surface area contributed by atoms with E-state index in [0.717, 1.165) is 0 Å². The number of carbonyl (C=O) groups is 4. The minimum absolute atomic E-state index is 0.0948. The molecule has 1 fully saturated rings. The number of nitrogens with zero attached hydrogens (tertiary/aromatic N) is 2. The van der Waals surface area contributed by atoms with Crippen molar-refractivity contribution in [3.63, 3.8) is 0 Å².